The molecule has 0 saturated carbocycles. The van der Waals surface area contributed by atoms with Crippen LogP contribution in [0.2, 0.25) is 0 Å². The van der Waals surface area contributed by atoms with Crippen LogP contribution < -0.4 is 10.1 Å². The van der Waals surface area contributed by atoms with Gasteiger partial charge in [0.1, 0.15) is 12.4 Å². The molecule has 9 heteroatoms. The zero-order chi connectivity index (χ0) is 23.8. The molecule has 0 aliphatic carbocycles. The highest BCUT2D eigenvalue weighted by Crippen LogP contribution is 2.25. The van der Waals surface area contributed by atoms with E-state index in [4.69, 9.17) is 4.74 Å². The summed E-state index contributed by atoms with van der Waals surface area (Å²) in [5, 5.41) is 4.74. The molecule has 34 heavy (non-hydrogen) atoms. The zero-order valence-corrected chi connectivity index (χ0v) is 20.4. The molecule has 0 radical (unpaired) electrons. The van der Waals surface area contributed by atoms with Crippen molar-refractivity contribution in [1.82, 2.24) is 9.29 Å². The lowest BCUT2D eigenvalue weighted by atomic mass is 10.2. The van der Waals surface area contributed by atoms with Gasteiger partial charge in [-0.3, -0.25) is 4.79 Å². The molecule has 1 aromatic heterocycles. The number of rotatable bonds is 8. The van der Waals surface area contributed by atoms with Crippen LogP contribution in [-0.4, -0.2) is 36.7 Å². The van der Waals surface area contributed by atoms with Crippen LogP contribution in [0.1, 0.15) is 36.9 Å². The fourth-order valence-electron chi connectivity index (χ4n) is 3.68. The second kappa shape index (κ2) is 11.4. The highest BCUT2D eigenvalue weighted by Gasteiger charge is 2.24. The van der Waals surface area contributed by atoms with Gasteiger partial charge in [0.25, 0.3) is 0 Å². The van der Waals surface area contributed by atoms with Crippen molar-refractivity contribution in [3.05, 3.63) is 76.8 Å². The van der Waals surface area contributed by atoms with Crippen molar-refractivity contribution in [3.8, 4) is 5.75 Å². The van der Waals surface area contributed by atoms with E-state index in [0.29, 0.717) is 31.1 Å². The van der Waals surface area contributed by atoms with E-state index in [1.807, 2.05) is 17.5 Å². The Morgan fingerprint density at radius 1 is 1.06 bits per heavy atom. The molecule has 3 aromatic rings. The van der Waals surface area contributed by atoms with Gasteiger partial charge in [0.05, 0.1) is 21.8 Å². The molecule has 2 aromatic carbocycles. The van der Waals surface area contributed by atoms with E-state index in [1.54, 1.807) is 52.3 Å². The number of aromatic nitrogens is 1. The van der Waals surface area contributed by atoms with Crippen molar-refractivity contribution in [2.45, 2.75) is 37.2 Å². The van der Waals surface area contributed by atoms with Crippen LogP contribution in [0.4, 0.5) is 5.69 Å². The van der Waals surface area contributed by atoms with Crippen molar-refractivity contribution < 1.29 is 17.9 Å². The molecule has 0 spiro atoms. The summed E-state index contributed by atoms with van der Waals surface area (Å²) in [6, 6.07) is 13.8. The van der Waals surface area contributed by atoms with Crippen LogP contribution in [0.3, 0.4) is 0 Å². The maximum Gasteiger partial charge on any atom is 0.248 e. The van der Waals surface area contributed by atoms with Crippen molar-refractivity contribution in [3.63, 3.8) is 0 Å². The van der Waals surface area contributed by atoms with Gasteiger partial charge in [-0.05, 0) is 48.7 Å². The topological polar surface area (TPSA) is 88.6 Å². The Bertz CT molecular complexity index is 1220. The van der Waals surface area contributed by atoms with Crippen molar-refractivity contribution in [2.75, 3.05) is 18.4 Å². The summed E-state index contributed by atoms with van der Waals surface area (Å²) in [6.45, 7) is 1.46. The van der Waals surface area contributed by atoms with E-state index in [1.165, 1.54) is 17.4 Å². The zero-order valence-electron chi connectivity index (χ0n) is 18.7. The van der Waals surface area contributed by atoms with Crippen LogP contribution in [-0.2, 0) is 21.4 Å². The third kappa shape index (κ3) is 6.31. The third-order valence-electron chi connectivity index (χ3n) is 5.51. The first-order valence-corrected chi connectivity index (χ1v) is 13.6. The number of para-hydroxylation sites is 2. The maximum atomic E-state index is 12.9. The summed E-state index contributed by atoms with van der Waals surface area (Å²) < 4.78 is 33.2. The number of carbonyl (C=O) groups is 1. The van der Waals surface area contributed by atoms with E-state index in [2.05, 4.69) is 10.3 Å². The molecule has 7 nitrogen and oxygen atoms in total. The standard InChI is InChI=1S/C25H27N3O4S2/c29-25(27-23-7-3-4-8-24(23)32-17-21-18-33-19-26-21)14-11-20-9-12-22(13-10-20)34(30,31)28-15-5-1-2-6-16-28/h3-4,7-14,18-19H,1-2,5-6,15-17H2,(H,27,29)/b14-11+. The van der Waals surface area contributed by atoms with Crippen LogP contribution >= 0.6 is 11.3 Å². The van der Waals surface area contributed by atoms with E-state index >= 15 is 0 Å². The lowest BCUT2D eigenvalue weighted by Gasteiger charge is -2.19. The predicted molar refractivity (Wildman–Crippen MR) is 134 cm³/mol. The first kappa shape index (κ1) is 24.1. The van der Waals surface area contributed by atoms with Gasteiger partial charge in [0.15, 0.2) is 0 Å². The molecule has 0 unspecified atom stereocenters. The van der Waals surface area contributed by atoms with Gasteiger partial charge in [0, 0.05) is 24.5 Å². The van der Waals surface area contributed by atoms with Crippen molar-refractivity contribution >= 4 is 39.0 Å². The van der Waals surface area contributed by atoms with Gasteiger partial charge in [-0.25, -0.2) is 13.4 Å². The highest BCUT2D eigenvalue weighted by molar-refractivity contribution is 7.89. The summed E-state index contributed by atoms with van der Waals surface area (Å²) in [7, 11) is -3.49. The number of hydrogen-bond acceptors (Lipinski definition) is 6. The number of hydrogen-bond donors (Lipinski definition) is 1. The van der Waals surface area contributed by atoms with Gasteiger partial charge in [0.2, 0.25) is 15.9 Å². The maximum absolute atomic E-state index is 12.9. The Hall–Kier alpha value is -3.01. The van der Waals surface area contributed by atoms with Gasteiger partial charge in [-0.15, -0.1) is 11.3 Å². The van der Waals surface area contributed by atoms with E-state index in [-0.39, 0.29) is 10.8 Å². The van der Waals surface area contributed by atoms with E-state index in [0.717, 1.165) is 36.9 Å². The molecule has 1 amide bonds. The number of amides is 1. The number of nitrogens with zero attached hydrogens (tertiary/aromatic N) is 2. The number of carbonyl (C=O) groups excluding carboxylic acids is 1. The largest absolute Gasteiger partial charge is 0.485 e. The normalized spacial score (nSPS) is 15.2. The average molecular weight is 498 g/mol. The number of sulfonamides is 1. The van der Waals surface area contributed by atoms with E-state index < -0.39 is 10.0 Å². The number of thiazole rings is 1. The molecular formula is C25H27N3O4S2. The second-order valence-corrected chi connectivity index (χ2v) is 10.6. The molecule has 4 rings (SSSR count). The fourth-order valence-corrected chi connectivity index (χ4v) is 5.74. The Balaban J connectivity index is 1.37. The molecule has 0 bridgehead atoms. The molecule has 2 heterocycles. The summed E-state index contributed by atoms with van der Waals surface area (Å²) in [5.74, 6) is 0.242. The first-order chi connectivity index (χ1) is 16.5. The molecule has 1 aliphatic heterocycles. The number of benzene rings is 2. The lowest BCUT2D eigenvalue weighted by molar-refractivity contribution is -0.111. The third-order valence-corrected chi connectivity index (χ3v) is 8.06. The minimum Gasteiger partial charge on any atom is -0.485 e. The van der Waals surface area contributed by atoms with Crippen molar-refractivity contribution in [1.29, 1.82) is 0 Å². The predicted octanol–water partition coefficient (Wildman–Crippen LogP) is 4.94. The molecule has 178 valence electrons. The van der Waals surface area contributed by atoms with Crippen LogP contribution in [0, 0.1) is 0 Å². The Morgan fingerprint density at radius 3 is 2.50 bits per heavy atom. The number of nitrogens with one attached hydrogen (secondary N) is 1. The summed E-state index contributed by atoms with van der Waals surface area (Å²) >= 11 is 1.50. The lowest BCUT2D eigenvalue weighted by Crippen LogP contribution is -2.31. The molecular weight excluding hydrogens is 470 g/mol. The summed E-state index contributed by atoms with van der Waals surface area (Å²) in [6.07, 6.45) is 6.99. The summed E-state index contributed by atoms with van der Waals surface area (Å²) in [5.41, 5.74) is 3.87. The van der Waals surface area contributed by atoms with Gasteiger partial charge < -0.3 is 10.1 Å². The number of ether oxygens (including phenoxy) is 1. The molecule has 0 atom stereocenters. The SMILES string of the molecule is O=C(/C=C/c1ccc(S(=O)(=O)N2CCCCCC2)cc1)Nc1ccccc1OCc1cscn1. The average Bonchev–Trinajstić information content (AvgIpc) is 3.21. The Labute approximate surface area is 204 Å². The van der Waals surface area contributed by atoms with Crippen LogP contribution in [0.15, 0.2) is 70.4 Å². The van der Waals surface area contributed by atoms with Gasteiger partial charge in [-0.1, -0.05) is 37.1 Å². The first-order valence-electron chi connectivity index (χ1n) is 11.2. The van der Waals surface area contributed by atoms with Crippen molar-refractivity contribution in [2.24, 2.45) is 0 Å². The Kier molecular flexibility index (Phi) is 8.10. The quantitative estimate of drug-likeness (QED) is 0.446. The smallest absolute Gasteiger partial charge is 0.248 e. The second-order valence-electron chi connectivity index (χ2n) is 7.97. The van der Waals surface area contributed by atoms with Crippen LogP contribution in [0.25, 0.3) is 6.08 Å². The van der Waals surface area contributed by atoms with Gasteiger partial charge >= 0.3 is 0 Å². The molecule has 1 N–H and O–H groups in total. The molecule has 1 saturated heterocycles. The minimum absolute atomic E-state index is 0.280. The minimum atomic E-state index is -3.49. The van der Waals surface area contributed by atoms with E-state index in [9.17, 15) is 13.2 Å². The summed E-state index contributed by atoms with van der Waals surface area (Å²) in [4.78, 5) is 16.9. The van der Waals surface area contributed by atoms with Gasteiger partial charge in [-0.2, -0.15) is 4.31 Å². The highest BCUT2D eigenvalue weighted by atomic mass is 32.2. The number of anilines is 1. The monoisotopic (exact) mass is 497 g/mol. The molecule has 1 aliphatic rings. The molecule has 1 fully saturated rings. The van der Waals surface area contributed by atoms with Crippen LogP contribution in [0.5, 0.6) is 5.75 Å². The fraction of sp³-hybridized carbons (Fsp3) is 0.280. The Morgan fingerprint density at radius 2 is 1.79 bits per heavy atom.